The molecule has 1 aromatic carbocycles. The van der Waals surface area contributed by atoms with Crippen LogP contribution in [0.25, 0.3) is 0 Å². The Morgan fingerprint density at radius 3 is 2.67 bits per heavy atom. The molecule has 1 aliphatic heterocycles. The lowest BCUT2D eigenvalue weighted by atomic mass is 10.1. The van der Waals surface area contributed by atoms with E-state index in [2.05, 4.69) is 27.3 Å². The van der Waals surface area contributed by atoms with Crippen molar-refractivity contribution < 1.29 is 9.59 Å². The van der Waals surface area contributed by atoms with Crippen LogP contribution in [-0.4, -0.2) is 43.6 Å². The molecule has 1 amide bonds. The van der Waals surface area contributed by atoms with Crippen molar-refractivity contribution in [2.75, 3.05) is 13.1 Å². The van der Waals surface area contributed by atoms with Crippen LogP contribution in [0.2, 0.25) is 0 Å². The van der Waals surface area contributed by atoms with Crippen molar-refractivity contribution in [1.82, 2.24) is 10.1 Å². The molecule has 2 rings (SSSR count). The number of benzene rings is 1. The number of nitrogens with one attached hydrogen (secondary N) is 1. The number of amides is 1. The maximum atomic E-state index is 12.0. The molecular weight excluding hydrogens is 333 g/mol. The van der Waals surface area contributed by atoms with Crippen molar-refractivity contribution >= 4 is 35.6 Å². The fourth-order valence-corrected chi connectivity index (χ4v) is 2.50. The van der Waals surface area contributed by atoms with Gasteiger partial charge in [0.15, 0.2) is 13.8 Å². The third kappa shape index (κ3) is 3.93. The van der Waals surface area contributed by atoms with Crippen LogP contribution in [0.1, 0.15) is 16.8 Å². The summed E-state index contributed by atoms with van der Waals surface area (Å²) in [6.45, 7) is 0.289. The van der Waals surface area contributed by atoms with Crippen LogP contribution in [0, 0.1) is 17.2 Å². The van der Waals surface area contributed by atoms with Crippen molar-refractivity contribution in [3.63, 3.8) is 0 Å². The third-order valence-corrected chi connectivity index (χ3v) is 3.94. The summed E-state index contributed by atoms with van der Waals surface area (Å²) < 4.78 is 0.885. The predicted molar refractivity (Wildman–Crippen MR) is 81.5 cm³/mol. The Balaban J connectivity index is 1.88. The molecule has 1 aliphatic rings. The molecule has 5 nitrogen and oxygen atoms in total. The van der Waals surface area contributed by atoms with Gasteiger partial charge in [0.1, 0.15) is 0 Å². The van der Waals surface area contributed by atoms with E-state index in [1.165, 1.54) is 4.81 Å². The second-order valence-electron chi connectivity index (χ2n) is 4.92. The summed E-state index contributed by atoms with van der Waals surface area (Å²) in [4.78, 5) is 25.3. The summed E-state index contributed by atoms with van der Waals surface area (Å²) in [6, 6.07) is 8.47. The number of nitriles is 1. The highest BCUT2D eigenvalue weighted by Gasteiger charge is 2.33. The number of Topliss-reactive ketones (excluding diaryl/α,β-unsaturated/α-hetero) is 1. The molecule has 0 aliphatic carbocycles. The molecule has 1 heterocycles. The number of nitrogens with zero attached hydrogens (tertiary/aromatic N) is 2. The standard InChI is InChI=1S/C14H13BBrN3O2/c15-19-8-9(6-17)5-12(19)14(21)18-7-13(20)10-1-3-11(16)4-2-10/h1-4,9,12H,5,7-8H2,(H,18,21)/t9-,12-/m0/s1. The average molecular weight is 346 g/mol. The van der Waals surface area contributed by atoms with Crippen LogP contribution in [0.4, 0.5) is 0 Å². The van der Waals surface area contributed by atoms with Crippen LogP contribution < -0.4 is 5.32 Å². The highest BCUT2D eigenvalue weighted by molar-refractivity contribution is 9.10. The van der Waals surface area contributed by atoms with Gasteiger partial charge in [-0.3, -0.25) is 9.59 Å². The number of hydrogen-bond donors (Lipinski definition) is 1. The Kier molecular flexibility index (Phi) is 5.15. The van der Waals surface area contributed by atoms with Gasteiger partial charge in [0.25, 0.3) is 0 Å². The smallest absolute Gasteiger partial charge is 0.236 e. The summed E-state index contributed by atoms with van der Waals surface area (Å²) in [7, 11) is 5.71. The van der Waals surface area contributed by atoms with Gasteiger partial charge >= 0.3 is 0 Å². The number of rotatable bonds is 4. The Labute approximate surface area is 132 Å². The van der Waals surface area contributed by atoms with Gasteiger partial charge in [-0.2, -0.15) is 5.26 Å². The molecule has 1 fully saturated rings. The van der Waals surface area contributed by atoms with Gasteiger partial charge in [-0.1, -0.05) is 28.1 Å². The van der Waals surface area contributed by atoms with E-state index in [-0.39, 0.29) is 24.2 Å². The largest absolute Gasteiger partial charge is 0.347 e. The molecule has 0 spiro atoms. The second kappa shape index (κ2) is 6.88. The fraction of sp³-hybridized carbons (Fsp3) is 0.357. The topological polar surface area (TPSA) is 73.2 Å². The third-order valence-electron chi connectivity index (χ3n) is 3.41. The normalized spacial score (nSPS) is 21.7. The zero-order valence-electron chi connectivity index (χ0n) is 11.3. The van der Waals surface area contributed by atoms with E-state index in [1.54, 1.807) is 24.3 Å². The van der Waals surface area contributed by atoms with Crippen molar-refractivity contribution in [1.29, 1.82) is 5.26 Å². The second-order valence-corrected chi connectivity index (χ2v) is 5.84. The first-order chi connectivity index (χ1) is 10.0. The average Bonchev–Trinajstić information content (AvgIpc) is 2.86. The lowest BCUT2D eigenvalue weighted by Gasteiger charge is -2.18. The van der Waals surface area contributed by atoms with Gasteiger partial charge in [-0.15, -0.1) is 0 Å². The first-order valence-electron chi connectivity index (χ1n) is 6.48. The minimum Gasteiger partial charge on any atom is -0.347 e. The quantitative estimate of drug-likeness (QED) is 0.653. The molecule has 0 unspecified atom stereocenters. The van der Waals surface area contributed by atoms with Gasteiger partial charge in [0.05, 0.1) is 24.6 Å². The first-order valence-corrected chi connectivity index (χ1v) is 7.28. The molecular formula is C14H13BBrN3O2. The van der Waals surface area contributed by atoms with Crippen molar-refractivity contribution in [3.8, 4) is 6.07 Å². The number of hydrogen-bond acceptors (Lipinski definition) is 4. The molecule has 1 aromatic rings. The lowest BCUT2D eigenvalue weighted by Crippen LogP contribution is -2.43. The number of halogens is 1. The zero-order valence-corrected chi connectivity index (χ0v) is 12.8. The Morgan fingerprint density at radius 1 is 1.43 bits per heavy atom. The minimum absolute atomic E-state index is 0.0813. The fourth-order valence-electron chi connectivity index (χ4n) is 2.24. The maximum Gasteiger partial charge on any atom is 0.236 e. The van der Waals surface area contributed by atoms with E-state index in [4.69, 9.17) is 13.2 Å². The Hall–Kier alpha value is -1.65. The molecule has 2 radical (unpaired) electrons. The predicted octanol–water partition coefficient (Wildman–Crippen LogP) is 1.05. The first kappa shape index (κ1) is 15.7. The van der Waals surface area contributed by atoms with E-state index < -0.39 is 6.04 Å². The van der Waals surface area contributed by atoms with Crippen LogP contribution in [0.15, 0.2) is 28.7 Å². The van der Waals surface area contributed by atoms with E-state index in [0.29, 0.717) is 18.5 Å². The van der Waals surface area contributed by atoms with Crippen molar-refractivity contribution in [2.24, 2.45) is 5.92 Å². The van der Waals surface area contributed by atoms with Gasteiger partial charge in [-0.05, 0) is 18.6 Å². The minimum atomic E-state index is -0.549. The van der Waals surface area contributed by atoms with Crippen LogP contribution in [0.3, 0.4) is 0 Å². The maximum absolute atomic E-state index is 12.0. The molecule has 1 saturated heterocycles. The summed E-state index contributed by atoms with van der Waals surface area (Å²) in [5.41, 5.74) is 0.532. The van der Waals surface area contributed by atoms with E-state index >= 15 is 0 Å². The van der Waals surface area contributed by atoms with Crippen LogP contribution in [0.5, 0.6) is 0 Å². The van der Waals surface area contributed by atoms with E-state index in [9.17, 15) is 9.59 Å². The zero-order chi connectivity index (χ0) is 15.4. The van der Waals surface area contributed by atoms with Gasteiger partial charge in [0.2, 0.25) is 5.91 Å². The monoisotopic (exact) mass is 345 g/mol. The molecule has 0 aromatic heterocycles. The summed E-state index contributed by atoms with van der Waals surface area (Å²) in [5.74, 6) is -0.733. The Morgan fingerprint density at radius 2 is 2.10 bits per heavy atom. The SMILES string of the molecule is [B]N1C[C@H](C#N)C[C@H]1C(=O)NCC(=O)c1ccc(Br)cc1. The highest BCUT2D eigenvalue weighted by atomic mass is 79.9. The van der Waals surface area contributed by atoms with Gasteiger partial charge in [0, 0.05) is 16.6 Å². The lowest BCUT2D eigenvalue weighted by molar-refractivity contribution is -0.124. The van der Waals surface area contributed by atoms with Crippen LogP contribution in [-0.2, 0) is 4.79 Å². The molecule has 0 saturated carbocycles. The number of carbonyl (C=O) groups is 2. The Bertz CT molecular complexity index is 585. The van der Waals surface area contributed by atoms with Crippen LogP contribution >= 0.6 is 15.9 Å². The summed E-state index contributed by atoms with van der Waals surface area (Å²) in [6.07, 6.45) is 0.394. The van der Waals surface area contributed by atoms with Gasteiger partial charge < -0.3 is 10.1 Å². The molecule has 7 heteroatoms. The van der Waals surface area contributed by atoms with Crippen molar-refractivity contribution in [3.05, 3.63) is 34.3 Å². The molecule has 21 heavy (non-hydrogen) atoms. The van der Waals surface area contributed by atoms with E-state index in [1.807, 2.05) is 0 Å². The summed E-state index contributed by atoms with van der Waals surface area (Å²) >= 11 is 3.29. The number of carbonyl (C=O) groups excluding carboxylic acids is 2. The van der Waals surface area contributed by atoms with Gasteiger partial charge in [-0.25, -0.2) is 0 Å². The molecule has 0 bridgehead atoms. The molecule has 106 valence electrons. The molecule has 1 N–H and O–H groups in total. The summed E-state index contributed by atoms with van der Waals surface area (Å²) in [5, 5.41) is 11.4. The highest BCUT2D eigenvalue weighted by Crippen LogP contribution is 2.20. The van der Waals surface area contributed by atoms with Crippen molar-refractivity contribution in [2.45, 2.75) is 12.5 Å². The molecule has 2 atom stereocenters. The number of ketones is 1. The van der Waals surface area contributed by atoms with E-state index in [0.717, 1.165) is 4.47 Å².